The van der Waals surface area contributed by atoms with Crippen LogP contribution in [0.25, 0.3) is 11.1 Å². The SMILES string of the molecule is COc1ccc(NC(=O)N[C@@H]2CCN(c3ccc(-c4ccccc4P(C)(C)=O)c(F)c3F)C2=O)c(F)c1. The number of halogens is 3. The summed E-state index contributed by atoms with van der Waals surface area (Å²) in [4.78, 5) is 26.3. The molecule has 194 valence electrons. The van der Waals surface area contributed by atoms with Crippen molar-refractivity contribution in [1.82, 2.24) is 5.32 Å². The lowest BCUT2D eigenvalue weighted by atomic mass is 10.0. The zero-order chi connectivity index (χ0) is 26.9. The lowest BCUT2D eigenvalue weighted by Crippen LogP contribution is -2.43. The summed E-state index contributed by atoms with van der Waals surface area (Å²) in [6, 6.07) is 11.1. The molecule has 0 saturated carbocycles. The third-order valence-corrected chi connectivity index (χ3v) is 7.61. The van der Waals surface area contributed by atoms with E-state index in [-0.39, 0.29) is 35.7 Å². The zero-order valence-corrected chi connectivity index (χ0v) is 21.2. The van der Waals surface area contributed by atoms with E-state index in [1.165, 1.54) is 31.4 Å². The van der Waals surface area contributed by atoms with E-state index in [9.17, 15) is 18.5 Å². The Morgan fingerprint density at radius 3 is 2.43 bits per heavy atom. The van der Waals surface area contributed by atoms with Gasteiger partial charge in [0.2, 0.25) is 5.91 Å². The van der Waals surface area contributed by atoms with Gasteiger partial charge in [0.15, 0.2) is 11.6 Å². The average Bonchev–Trinajstić information content (AvgIpc) is 3.21. The first-order chi connectivity index (χ1) is 17.5. The van der Waals surface area contributed by atoms with Gasteiger partial charge in [-0.3, -0.25) is 4.79 Å². The fraction of sp³-hybridized carbons (Fsp3) is 0.231. The molecular formula is C26H25F3N3O4P. The Morgan fingerprint density at radius 2 is 1.76 bits per heavy atom. The summed E-state index contributed by atoms with van der Waals surface area (Å²) in [6.07, 6.45) is 0.137. The van der Waals surface area contributed by atoms with Crippen LogP contribution in [0, 0.1) is 17.5 Å². The minimum Gasteiger partial charge on any atom is -0.497 e. The Hall–Kier alpha value is -3.78. The summed E-state index contributed by atoms with van der Waals surface area (Å²) in [6.45, 7) is 3.12. The summed E-state index contributed by atoms with van der Waals surface area (Å²) >= 11 is 0. The van der Waals surface area contributed by atoms with Crippen molar-refractivity contribution in [3.63, 3.8) is 0 Å². The molecule has 0 radical (unpaired) electrons. The monoisotopic (exact) mass is 531 g/mol. The first-order valence-corrected chi connectivity index (χ1v) is 14.0. The maximum Gasteiger partial charge on any atom is 0.319 e. The van der Waals surface area contributed by atoms with E-state index in [1.54, 1.807) is 37.6 Å². The van der Waals surface area contributed by atoms with Gasteiger partial charge in [0.25, 0.3) is 0 Å². The number of nitrogens with one attached hydrogen (secondary N) is 2. The van der Waals surface area contributed by atoms with Gasteiger partial charge in [-0.2, -0.15) is 0 Å². The number of hydrogen-bond donors (Lipinski definition) is 2. The van der Waals surface area contributed by atoms with E-state index in [0.717, 1.165) is 11.0 Å². The molecular weight excluding hydrogens is 506 g/mol. The summed E-state index contributed by atoms with van der Waals surface area (Å²) in [7, 11) is -1.41. The molecule has 3 amide bonds. The highest BCUT2D eigenvalue weighted by Crippen LogP contribution is 2.40. The highest BCUT2D eigenvalue weighted by Gasteiger charge is 2.36. The molecule has 1 aliphatic heterocycles. The number of carbonyl (C=O) groups excluding carboxylic acids is 2. The summed E-state index contributed by atoms with van der Waals surface area (Å²) in [5, 5.41) is 5.18. The highest BCUT2D eigenvalue weighted by atomic mass is 31.2. The molecule has 37 heavy (non-hydrogen) atoms. The van der Waals surface area contributed by atoms with Gasteiger partial charge in [-0.1, -0.05) is 24.3 Å². The van der Waals surface area contributed by atoms with E-state index in [1.807, 2.05) is 0 Å². The van der Waals surface area contributed by atoms with Crippen molar-refractivity contribution in [3.8, 4) is 16.9 Å². The minimum absolute atomic E-state index is 0.0338. The van der Waals surface area contributed by atoms with Crippen LogP contribution < -0.4 is 25.6 Å². The molecule has 3 aromatic carbocycles. The Morgan fingerprint density at radius 1 is 1.03 bits per heavy atom. The van der Waals surface area contributed by atoms with Crippen LogP contribution in [0.2, 0.25) is 0 Å². The highest BCUT2D eigenvalue weighted by molar-refractivity contribution is 7.70. The van der Waals surface area contributed by atoms with Crippen LogP contribution in [0.5, 0.6) is 5.75 Å². The van der Waals surface area contributed by atoms with Crippen molar-refractivity contribution in [1.29, 1.82) is 0 Å². The van der Waals surface area contributed by atoms with Gasteiger partial charge in [0, 0.05) is 23.5 Å². The molecule has 0 aromatic heterocycles. The lowest BCUT2D eigenvalue weighted by molar-refractivity contribution is -0.118. The third kappa shape index (κ3) is 5.34. The van der Waals surface area contributed by atoms with E-state index in [4.69, 9.17) is 4.74 Å². The topological polar surface area (TPSA) is 87.7 Å². The third-order valence-electron chi connectivity index (χ3n) is 6.06. The van der Waals surface area contributed by atoms with E-state index >= 15 is 8.78 Å². The number of urea groups is 1. The molecule has 0 aliphatic carbocycles. The van der Waals surface area contributed by atoms with Gasteiger partial charge >= 0.3 is 6.03 Å². The molecule has 1 saturated heterocycles. The van der Waals surface area contributed by atoms with Crippen LogP contribution in [0.15, 0.2) is 54.6 Å². The zero-order valence-electron chi connectivity index (χ0n) is 20.3. The van der Waals surface area contributed by atoms with Crippen molar-refractivity contribution in [2.45, 2.75) is 12.5 Å². The summed E-state index contributed by atoms with van der Waals surface area (Å²) < 4.78 is 62.1. The van der Waals surface area contributed by atoms with Crippen LogP contribution >= 0.6 is 7.14 Å². The van der Waals surface area contributed by atoms with Gasteiger partial charge in [-0.25, -0.2) is 18.0 Å². The van der Waals surface area contributed by atoms with Crippen LogP contribution in [-0.4, -0.2) is 45.0 Å². The number of benzene rings is 3. The molecule has 1 fully saturated rings. The second kappa shape index (κ2) is 10.3. The van der Waals surface area contributed by atoms with Gasteiger partial charge in [-0.15, -0.1) is 0 Å². The number of hydrogen-bond acceptors (Lipinski definition) is 4. The van der Waals surface area contributed by atoms with Crippen LogP contribution in [0.3, 0.4) is 0 Å². The van der Waals surface area contributed by atoms with Crippen molar-refractivity contribution < 1.29 is 32.1 Å². The summed E-state index contributed by atoms with van der Waals surface area (Å²) in [5.74, 6) is -3.49. The molecule has 7 nitrogen and oxygen atoms in total. The number of anilines is 2. The second-order valence-corrected chi connectivity index (χ2v) is 12.1. The molecule has 1 heterocycles. The van der Waals surface area contributed by atoms with Crippen molar-refractivity contribution in [2.24, 2.45) is 0 Å². The van der Waals surface area contributed by atoms with Crippen LogP contribution in [0.1, 0.15) is 6.42 Å². The first kappa shape index (κ1) is 26.3. The molecule has 4 rings (SSSR count). The molecule has 1 aliphatic rings. The number of rotatable bonds is 6. The Labute approximate surface area is 212 Å². The number of amides is 3. The average molecular weight is 531 g/mol. The fourth-order valence-electron chi connectivity index (χ4n) is 4.22. The van der Waals surface area contributed by atoms with Crippen LogP contribution in [0.4, 0.5) is 29.3 Å². The second-order valence-electron chi connectivity index (χ2n) is 8.90. The maximum atomic E-state index is 15.2. The molecule has 3 aromatic rings. The van der Waals surface area contributed by atoms with Crippen molar-refractivity contribution >= 4 is 35.8 Å². The predicted octanol–water partition coefficient (Wildman–Crippen LogP) is 4.95. The lowest BCUT2D eigenvalue weighted by Gasteiger charge is -2.20. The quantitative estimate of drug-likeness (QED) is 0.441. The number of methoxy groups -OCH3 is 1. The Bertz CT molecular complexity index is 1430. The van der Waals surface area contributed by atoms with Gasteiger partial charge in [0.1, 0.15) is 24.8 Å². The molecule has 0 spiro atoms. The maximum absolute atomic E-state index is 15.2. The normalized spacial score (nSPS) is 15.6. The van der Waals surface area contributed by atoms with E-state index in [2.05, 4.69) is 10.6 Å². The first-order valence-electron chi connectivity index (χ1n) is 11.4. The number of ether oxygens (including phenoxy) is 1. The van der Waals surface area contributed by atoms with Gasteiger partial charge < -0.3 is 24.8 Å². The molecule has 11 heteroatoms. The predicted molar refractivity (Wildman–Crippen MR) is 137 cm³/mol. The van der Waals surface area contributed by atoms with E-state index in [0.29, 0.717) is 10.9 Å². The molecule has 1 atom stereocenters. The smallest absolute Gasteiger partial charge is 0.319 e. The van der Waals surface area contributed by atoms with Gasteiger partial charge in [-0.05, 0) is 49.6 Å². The Balaban J connectivity index is 1.52. The fourth-order valence-corrected chi connectivity index (χ4v) is 5.44. The van der Waals surface area contributed by atoms with Crippen molar-refractivity contribution in [3.05, 3.63) is 72.0 Å². The molecule has 0 unspecified atom stereocenters. The number of nitrogens with zero attached hydrogens (tertiary/aromatic N) is 1. The Kier molecular flexibility index (Phi) is 7.32. The number of carbonyl (C=O) groups is 2. The minimum atomic E-state index is -2.78. The molecule has 0 bridgehead atoms. The largest absolute Gasteiger partial charge is 0.497 e. The van der Waals surface area contributed by atoms with E-state index < -0.39 is 42.6 Å². The van der Waals surface area contributed by atoms with Gasteiger partial charge in [0.05, 0.1) is 18.5 Å². The molecule has 2 N–H and O–H groups in total. The standard InChI is InChI=1S/C26H25F3N3O4P/c1-36-15-8-10-19(18(27)14-15)30-26(34)31-20-12-13-32(25(20)33)21-11-9-17(23(28)24(21)29)16-6-4-5-7-22(16)37(2,3)35/h4-11,14,20H,12-13H2,1-3H3,(H2,30,31,34)/t20-/m1/s1. The van der Waals surface area contributed by atoms with Crippen LogP contribution in [-0.2, 0) is 9.36 Å². The van der Waals surface area contributed by atoms with Crippen molar-refractivity contribution in [2.75, 3.05) is 37.2 Å². The summed E-state index contributed by atoms with van der Waals surface area (Å²) in [5.41, 5.74) is -0.143.